The summed E-state index contributed by atoms with van der Waals surface area (Å²) in [6, 6.07) is 5.75. The topological polar surface area (TPSA) is 54.5 Å². The number of sulfone groups is 1. The number of rotatable bonds is 2. The lowest BCUT2D eigenvalue weighted by Crippen LogP contribution is -2.44. The Bertz CT molecular complexity index is 629. The van der Waals surface area contributed by atoms with Gasteiger partial charge in [0, 0.05) is 12.6 Å². The highest BCUT2D eigenvalue weighted by molar-refractivity contribution is 7.92. The van der Waals surface area contributed by atoms with Gasteiger partial charge in [0.15, 0.2) is 9.84 Å². The molecule has 0 aliphatic carbocycles. The van der Waals surface area contributed by atoms with Crippen molar-refractivity contribution in [2.24, 2.45) is 0 Å². The van der Waals surface area contributed by atoms with Gasteiger partial charge in [-0.15, -0.1) is 0 Å². The molecule has 2 heterocycles. The van der Waals surface area contributed by atoms with Crippen molar-refractivity contribution in [2.75, 3.05) is 12.3 Å². The maximum absolute atomic E-state index is 13.0. The molecule has 1 amide bonds. The quantitative estimate of drug-likeness (QED) is 0.805. The van der Waals surface area contributed by atoms with Crippen LogP contribution in [-0.4, -0.2) is 42.8 Å². The molecule has 0 unspecified atom stereocenters. The molecule has 6 heteroatoms. The van der Waals surface area contributed by atoms with E-state index in [1.807, 2.05) is 0 Å². The maximum atomic E-state index is 13.0. The third-order valence-electron chi connectivity index (χ3n) is 3.87. The van der Waals surface area contributed by atoms with Crippen LogP contribution in [0.25, 0.3) is 0 Å². The molecule has 0 saturated carbocycles. The van der Waals surface area contributed by atoms with Gasteiger partial charge < -0.3 is 4.90 Å². The van der Waals surface area contributed by atoms with Gasteiger partial charge in [-0.1, -0.05) is 12.1 Å². The van der Waals surface area contributed by atoms with E-state index in [2.05, 4.69) is 0 Å². The third kappa shape index (κ3) is 2.25. The standard InChI is InChI=1S/C13H14FNO3S/c14-10-3-1-2-9(4-10)5-13(16)15-7-12-6-11(15)8-19(12,17)18/h1-4,11-12H,5-8H2/t11-,12+/m0/s1. The van der Waals surface area contributed by atoms with E-state index in [0.717, 1.165) is 0 Å². The predicted molar refractivity (Wildman–Crippen MR) is 67.8 cm³/mol. The average molecular weight is 283 g/mol. The number of likely N-dealkylation sites (tertiary alicyclic amines) is 1. The zero-order chi connectivity index (χ0) is 13.6. The van der Waals surface area contributed by atoms with Gasteiger partial charge in [0.05, 0.1) is 17.4 Å². The molecule has 1 aromatic rings. The van der Waals surface area contributed by atoms with Crippen LogP contribution in [0.2, 0.25) is 0 Å². The van der Waals surface area contributed by atoms with Crippen LogP contribution in [0.3, 0.4) is 0 Å². The van der Waals surface area contributed by atoms with Crippen LogP contribution in [0, 0.1) is 5.82 Å². The van der Waals surface area contributed by atoms with Crippen molar-refractivity contribution >= 4 is 15.7 Å². The molecule has 3 rings (SSSR count). The highest BCUT2D eigenvalue weighted by atomic mass is 32.2. The molecule has 1 aromatic carbocycles. The molecule has 0 N–H and O–H groups in total. The lowest BCUT2D eigenvalue weighted by Gasteiger charge is -2.26. The van der Waals surface area contributed by atoms with Crippen LogP contribution >= 0.6 is 0 Å². The Labute approximate surface area is 111 Å². The highest BCUT2D eigenvalue weighted by Crippen LogP contribution is 2.33. The Morgan fingerprint density at radius 3 is 2.79 bits per heavy atom. The Balaban J connectivity index is 1.70. The SMILES string of the molecule is O=C(Cc1cccc(F)c1)N1C[C@H]2C[C@H]1CS2(=O)=O. The fourth-order valence-corrected chi connectivity index (χ4v) is 4.95. The molecule has 2 fully saturated rings. The van der Waals surface area contributed by atoms with Crippen LogP contribution in [0.5, 0.6) is 0 Å². The molecule has 102 valence electrons. The van der Waals surface area contributed by atoms with Gasteiger partial charge in [-0.2, -0.15) is 0 Å². The first kappa shape index (κ1) is 12.6. The molecule has 2 aliphatic rings. The number of fused-ring (bicyclic) bond motifs is 2. The average Bonchev–Trinajstić information content (AvgIpc) is 2.84. The van der Waals surface area contributed by atoms with Crippen LogP contribution in [0.15, 0.2) is 24.3 Å². The molecule has 2 saturated heterocycles. The normalized spacial score (nSPS) is 27.7. The summed E-state index contributed by atoms with van der Waals surface area (Å²) >= 11 is 0. The summed E-state index contributed by atoms with van der Waals surface area (Å²) in [5.41, 5.74) is 0.621. The molecule has 4 nitrogen and oxygen atoms in total. The van der Waals surface area contributed by atoms with Gasteiger partial charge >= 0.3 is 0 Å². The number of nitrogens with zero attached hydrogens (tertiary/aromatic N) is 1. The van der Waals surface area contributed by atoms with E-state index in [1.54, 1.807) is 17.0 Å². The van der Waals surface area contributed by atoms with Crippen molar-refractivity contribution in [3.8, 4) is 0 Å². The van der Waals surface area contributed by atoms with Gasteiger partial charge in [-0.3, -0.25) is 4.79 Å². The second-order valence-corrected chi connectivity index (χ2v) is 7.52. The zero-order valence-electron chi connectivity index (χ0n) is 10.3. The number of hydrogen-bond acceptors (Lipinski definition) is 3. The number of amides is 1. The number of carbonyl (C=O) groups is 1. The van der Waals surface area contributed by atoms with E-state index in [4.69, 9.17) is 0 Å². The molecular formula is C13H14FNO3S. The van der Waals surface area contributed by atoms with Gasteiger partial charge in [-0.25, -0.2) is 12.8 Å². The van der Waals surface area contributed by atoms with Crippen molar-refractivity contribution in [3.63, 3.8) is 0 Å². The van der Waals surface area contributed by atoms with E-state index in [0.29, 0.717) is 18.5 Å². The molecule has 2 atom stereocenters. The number of carbonyl (C=O) groups excluding carboxylic acids is 1. The molecule has 0 aromatic heterocycles. The van der Waals surface area contributed by atoms with Crippen molar-refractivity contribution in [1.29, 1.82) is 0 Å². The summed E-state index contributed by atoms with van der Waals surface area (Å²) in [5, 5.41) is -0.394. The molecule has 2 bridgehead atoms. The van der Waals surface area contributed by atoms with Crippen LogP contribution < -0.4 is 0 Å². The van der Waals surface area contributed by atoms with Gasteiger partial charge in [0.25, 0.3) is 0 Å². The van der Waals surface area contributed by atoms with E-state index < -0.39 is 15.1 Å². The smallest absolute Gasteiger partial charge is 0.227 e. The first-order chi connectivity index (χ1) is 8.95. The summed E-state index contributed by atoms with van der Waals surface area (Å²) in [4.78, 5) is 13.8. The fourth-order valence-electron chi connectivity index (χ4n) is 2.92. The third-order valence-corrected chi connectivity index (χ3v) is 6.08. The largest absolute Gasteiger partial charge is 0.337 e. The van der Waals surface area contributed by atoms with E-state index in [9.17, 15) is 17.6 Å². The van der Waals surface area contributed by atoms with Crippen molar-refractivity contribution in [1.82, 2.24) is 4.90 Å². The fraction of sp³-hybridized carbons (Fsp3) is 0.462. The van der Waals surface area contributed by atoms with Crippen LogP contribution in [-0.2, 0) is 21.1 Å². The minimum atomic E-state index is -2.99. The minimum absolute atomic E-state index is 0.0759. The molecule has 19 heavy (non-hydrogen) atoms. The molecular weight excluding hydrogens is 269 g/mol. The lowest BCUT2D eigenvalue weighted by atomic mass is 10.1. The summed E-state index contributed by atoms with van der Waals surface area (Å²) < 4.78 is 36.3. The lowest BCUT2D eigenvalue weighted by molar-refractivity contribution is -0.131. The van der Waals surface area contributed by atoms with E-state index in [1.165, 1.54) is 12.1 Å². The van der Waals surface area contributed by atoms with Gasteiger partial charge in [-0.05, 0) is 24.1 Å². The monoisotopic (exact) mass is 283 g/mol. The van der Waals surface area contributed by atoms with Crippen molar-refractivity contribution in [3.05, 3.63) is 35.6 Å². The minimum Gasteiger partial charge on any atom is -0.337 e. The second-order valence-electron chi connectivity index (χ2n) is 5.19. The molecule has 2 aliphatic heterocycles. The highest BCUT2D eigenvalue weighted by Gasteiger charge is 2.49. The Kier molecular flexibility index (Phi) is 2.85. The Hall–Kier alpha value is -1.43. The predicted octanol–water partition coefficient (Wildman–Crippen LogP) is 0.766. The van der Waals surface area contributed by atoms with E-state index in [-0.39, 0.29) is 29.9 Å². The van der Waals surface area contributed by atoms with Gasteiger partial charge in [0.1, 0.15) is 5.82 Å². The summed E-state index contributed by atoms with van der Waals surface area (Å²) in [6.45, 7) is 0.293. The summed E-state index contributed by atoms with van der Waals surface area (Å²) in [5.74, 6) is -0.407. The zero-order valence-corrected chi connectivity index (χ0v) is 11.1. The van der Waals surface area contributed by atoms with E-state index >= 15 is 0 Å². The van der Waals surface area contributed by atoms with Crippen molar-refractivity contribution in [2.45, 2.75) is 24.1 Å². The summed E-state index contributed by atoms with van der Waals surface area (Å²) in [6.07, 6.45) is 0.679. The Morgan fingerprint density at radius 1 is 1.42 bits per heavy atom. The molecule has 0 spiro atoms. The Morgan fingerprint density at radius 2 is 2.21 bits per heavy atom. The summed E-state index contributed by atoms with van der Waals surface area (Å²) in [7, 11) is -2.99. The maximum Gasteiger partial charge on any atom is 0.227 e. The number of hydrogen-bond donors (Lipinski definition) is 0. The first-order valence-electron chi connectivity index (χ1n) is 6.21. The van der Waals surface area contributed by atoms with Crippen LogP contribution in [0.1, 0.15) is 12.0 Å². The molecule has 0 radical (unpaired) electrons. The van der Waals surface area contributed by atoms with Gasteiger partial charge in [0.2, 0.25) is 5.91 Å². The van der Waals surface area contributed by atoms with Crippen molar-refractivity contribution < 1.29 is 17.6 Å². The second kappa shape index (κ2) is 4.30. The number of halogens is 1. The first-order valence-corrected chi connectivity index (χ1v) is 7.93. The number of benzene rings is 1. The van der Waals surface area contributed by atoms with Crippen LogP contribution in [0.4, 0.5) is 4.39 Å².